The van der Waals surface area contributed by atoms with E-state index in [-0.39, 0.29) is 17.9 Å². The summed E-state index contributed by atoms with van der Waals surface area (Å²) < 4.78 is 0. The molecule has 0 heterocycles. The summed E-state index contributed by atoms with van der Waals surface area (Å²) in [7, 11) is 0. The van der Waals surface area contributed by atoms with Crippen molar-refractivity contribution in [3.63, 3.8) is 0 Å². The van der Waals surface area contributed by atoms with Gasteiger partial charge in [-0.15, -0.1) is 5.12 Å². The zero-order chi connectivity index (χ0) is 14.8. The molecule has 0 aliphatic heterocycles. The average Bonchev–Trinajstić information content (AvgIpc) is 2.42. The third-order valence-corrected chi connectivity index (χ3v) is 2.99. The number of carbonyl (C=O) groups is 2. The van der Waals surface area contributed by atoms with Gasteiger partial charge in [-0.3, -0.25) is 20.4 Å². The molecule has 1 atom stereocenters. The maximum atomic E-state index is 11.5. The van der Waals surface area contributed by atoms with Crippen molar-refractivity contribution in [2.24, 2.45) is 0 Å². The molecule has 0 spiro atoms. The van der Waals surface area contributed by atoms with E-state index in [1.54, 1.807) is 13.8 Å². The molecule has 0 aromatic carbocycles. The minimum absolute atomic E-state index is 0.00546. The molecule has 0 bridgehead atoms. The lowest BCUT2D eigenvalue weighted by Crippen LogP contribution is -2.59. The summed E-state index contributed by atoms with van der Waals surface area (Å²) in [6.45, 7) is 12.4. The third-order valence-electron chi connectivity index (χ3n) is 2.99. The topological polar surface area (TPSA) is 64.7 Å². The minimum Gasteiger partial charge on any atom is -0.302 e. The maximum Gasteiger partial charge on any atom is 0.235 e. The van der Waals surface area contributed by atoms with E-state index in [1.807, 2.05) is 6.92 Å². The molecule has 0 saturated carbocycles. The normalized spacial score (nSPS) is 12.6. The van der Waals surface area contributed by atoms with Crippen molar-refractivity contribution < 1.29 is 9.59 Å². The predicted molar refractivity (Wildman–Crippen MR) is 76.0 cm³/mol. The summed E-state index contributed by atoms with van der Waals surface area (Å²) in [5, 5.41) is 1.52. The molecule has 2 N–H and O–H groups in total. The Morgan fingerprint density at radius 3 is 1.68 bits per heavy atom. The van der Waals surface area contributed by atoms with Crippen LogP contribution >= 0.6 is 0 Å². The molecule has 0 rings (SSSR count). The lowest BCUT2D eigenvalue weighted by molar-refractivity contribution is -0.136. The first-order chi connectivity index (χ1) is 8.98. The van der Waals surface area contributed by atoms with E-state index in [4.69, 9.17) is 0 Å². The molecule has 0 aliphatic carbocycles. The summed E-state index contributed by atoms with van der Waals surface area (Å²) in [6, 6.07) is 0.00546. The van der Waals surface area contributed by atoms with E-state index < -0.39 is 0 Å². The second-order valence-electron chi connectivity index (χ2n) is 4.48. The Bertz CT molecular complexity index is 262. The molecule has 0 aromatic heterocycles. The van der Waals surface area contributed by atoms with Gasteiger partial charge in [-0.05, 0) is 20.0 Å². The molecule has 0 radical (unpaired) electrons. The van der Waals surface area contributed by atoms with Crippen molar-refractivity contribution in [3.8, 4) is 0 Å². The SMILES string of the molecule is CCC(=O)NN(NC(=O)CC)C(C)CN(CC)CC. The molecule has 0 aromatic rings. The molecule has 0 saturated heterocycles. The molecule has 1 unspecified atom stereocenters. The molecule has 112 valence electrons. The molecule has 0 aliphatic rings. The quantitative estimate of drug-likeness (QED) is 0.612. The highest BCUT2D eigenvalue weighted by atomic mass is 16.2. The minimum atomic E-state index is -0.109. The Hall–Kier alpha value is -1.14. The van der Waals surface area contributed by atoms with Crippen LogP contribution in [0.5, 0.6) is 0 Å². The fraction of sp³-hybridized carbons (Fsp3) is 0.846. The number of likely N-dealkylation sites (N-methyl/N-ethyl adjacent to an activating group) is 1. The van der Waals surface area contributed by atoms with Gasteiger partial charge in [0.05, 0.1) is 6.04 Å². The van der Waals surface area contributed by atoms with Crippen LogP contribution in [0.2, 0.25) is 0 Å². The Morgan fingerprint density at radius 1 is 0.947 bits per heavy atom. The van der Waals surface area contributed by atoms with Crippen LogP contribution in [0.3, 0.4) is 0 Å². The molecule has 2 amide bonds. The van der Waals surface area contributed by atoms with Crippen LogP contribution in [0.1, 0.15) is 47.5 Å². The zero-order valence-corrected chi connectivity index (χ0v) is 12.8. The van der Waals surface area contributed by atoms with E-state index >= 15 is 0 Å². The number of hydrogen-bond donors (Lipinski definition) is 2. The molecule has 6 heteroatoms. The number of hydrogen-bond acceptors (Lipinski definition) is 4. The van der Waals surface area contributed by atoms with Crippen molar-refractivity contribution >= 4 is 11.8 Å². The van der Waals surface area contributed by atoms with Crippen molar-refractivity contribution in [3.05, 3.63) is 0 Å². The standard InChI is InChI=1S/C13H28N4O2/c1-6-12(18)14-17(15-13(19)7-2)11(5)10-16(8-3)9-4/h11H,6-10H2,1-5H3,(H,14,18)(H,15,19). The smallest absolute Gasteiger partial charge is 0.235 e. The Balaban J connectivity index is 4.60. The van der Waals surface area contributed by atoms with Crippen LogP contribution in [-0.2, 0) is 9.59 Å². The van der Waals surface area contributed by atoms with Gasteiger partial charge in [0.2, 0.25) is 11.8 Å². The second kappa shape index (κ2) is 9.75. The van der Waals surface area contributed by atoms with Crippen molar-refractivity contribution in [2.75, 3.05) is 19.6 Å². The Kier molecular flexibility index (Phi) is 9.16. The van der Waals surface area contributed by atoms with E-state index in [0.717, 1.165) is 19.6 Å². The molecule has 19 heavy (non-hydrogen) atoms. The Morgan fingerprint density at radius 2 is 1.37 bits per heavy atom. The fourth-order valence-corrected chi connectivity index (χ4v) is 1.61. The van der Waals surface area contributed by atoms with Crippen molar-refractivity contribution in [1.82, 2.24) is 20.9 Å². The lowest BCUT2D eigenvalue weighted by Gasteiger charge is -2.32. The maximum absolute atomic E-state index is 11.5. The summed E-state index contributed by atoms with van der Waals surface area (Å²) in [5.41, 5.74) is 5.44. The van der Waals surface area contributed by atoms with Crippen molar-refractivity contribution in [2.45, 2.75) is 53.5 Å². The number of hydrazine groups is 2. The van der Waals surface area contributed by atoms with Gasteiger partial charge in [-0.25, -0.2) is 0 Å². The second-order valence-corrected chi connectivity index (χ2v) is 4.48. The van der Waals surface area contributed by atoms with Crippen LogP contribution in [0.15, 0.2) is 0 Å². The monoisotopic (exact) mass is 272 g/mol. The number of nitrogens with zero attached hydrogens (tertiary/aromatic N) is 2. The van der Waals surface area contributed by atoms with Gasteiger partial charge < -0.3 is 4.90 Å². The van der Waals surface area contributed by atoms with Gasteiger partial charge in [-0.1, -0.05) is 27.7 Å². The third kappa shape index (κ3) is 7.12. The highest BCUT2D eigenvalue weighted by Gasteiger charge is 2.19. The highest BCUT2D eigenvalue weighted by Crippen LogP contribution is 1.98. The first-order valence-electron chi connectivity index (χ1n) is 7.08. The largest absolute Gasteiger partial charge is 0.302 e. The van der Waals surface area contributed by atoms with Crippen molar-refractivity contribution in [1.29, 1.82) is 0 Å². The molecule has 6 nitrogen and oxygen atoms in total. The lowest BCUT2D eigenvalue weighted by atomic mass is 10.3. The predicted octanol–water partition coefficient (Wildman–Crippen LogP) is 0.901. The highest BCUT2D eigenvalue weighted by molar-refractivity contribution is 5.77. The van der Waals surface area contributed by atoms with Gasteiger partial charge in [0.1, 0.15) is 0 Å². The van der Waals surface area contributed by atoms with Gasteiger partial charge >= 0.3 is 0 Å². The van der Waals surface area contributed by atoms with E-state index in [1.165, 1.54) is 5.12 Å². The fourth-order valence-electron chi connectivity index (χ4n) is 1.61. The number of carbonyl (C=O) groups excluding carboxylic acids is 2. The van der Waals surface area contributed by atoms with Gasteiger partial charge in [0.15, 0.2) is 0 Å². The molecular weight excluding hydrogens is 244 g/mol. The van der Waals surface area contributed by atoms with E-state index in [2.05, 4.69) is 29.6 Å². The summed E-state index contributed by atoms with van der Waals surface area (Å²) in [5.74, 6) is -0.217. The zero-order valence-electron chi connectivity index (χ0n) is 12.8. The number of nitrogens with one attached hydrogen (secondary N) is 2. The van der Waals surface area contributed by atoms with Crippen LogP contribution < -0.4 is 10.9 Å². The number of amides is 2. The van der Waals surface area contributed by atoms with Crippen LogP contribution in [0.4, 0.5) is 0 Å². The average molecular weight is 272 g/mol. The number of rotatable bonds is 9. The van der Waals surface area contributed by atoms with Gasteiger partial charge in [0.25, 0.3) is 0 Å². The van der Waals surface area contributed by atoms with E-state index in [0.29, 0.717) is 12.8 Å². The molecule has 0 fully saturated rings. The van der Waals surface area contributed by atoms with Crippen LogP contribution in [0, 0.1) is 0 Å². The van der Waals surface area contributed by atoms with Gasteiger partial charge in [0, 0.05) is 19.4 Å². The summed E-state index contributed by atoms with van der Waals surface area (Å²) in [4.78, 5) is 25.3. The van der Waals surface area contributed by atoms with Gasteiger partial charge in [-0.2, -0.15) is 0 Å². The van der Waals surface area contributed by atoms with E-state index in [9.17, 15) is 9.59 Å². The Labute approximate surface area is 116 Å². The summed E-state index contributed by atoms with van der Waals surface area (Å²) >= 11 is 0. The molecular formula is C13H28N4O2. The summed E-state index contributed by atoms with van der Waals surface area (Å²) in [6.07, 6.45) is 0.771. The first kappa shape index (κ1) is 17.9. The van der Waals surface area contributed by atoms with Crippen LogP contribution in [-0.4, -0.2) is 47.5 Å². The first-order valence-corrected chi connectivity index (χ1v) is 7.08. The van der Waals surface area contributed by atoms with Crippen LogP contribution in [0.25, 0.3) is 0 Å².